The van der Waals surface area contributed by atoms with Gasteiger partial charge in [0.1, 0.15) is 5.75 Å². The van der Waals surface area contributed by atoms with Crippen LogP contribution in [0, 0.1) is 0 Å². The fourth-order valence-corrected chi connectivity index (χ4v) is 2.49. The van der Waals surface area contributed by atoms with Crippen molar-refractivity contribution in [3.8, 4) is 5.75 Å². The number of aromatic nitrogens is 4. The van der Waals surface area contributed by atoms with Crippen molar-refractivity contribution in [2.45, 2.75) is 24.0 Å². The molecule has 3 rings (SSSR count). The van der Waals surface area contributed by atoms with E-state index in [0.717, 1.165) is 16.7 Å². The first-order valence-corrected chi connectivity index (χ1v) is 7.20. The summed E-state index contributed by atoms with van der Waals surface area (Å²) in [6, 6.07) is 7.94. The summed E-state index contributed by atoms with van der Waals surface area (Å²) in [4.78, 5) is 0. The maximum atomic E-state index is 5.69. The normalized spacial score (nSPS) is 14.5. The zero-order chi connectivity index (χ0) is 13.1. The molecule has 1 aliphatic carbocycles. The van der Waals surface area contributed by atoms with E-state index >= 15 is 0 Å². The number of thioether (sulfide) groups is 1. The van der Waals surface area contributed by atoms with Gasteiger partial charge in [0.2, 0.25) is 5.16 Å². The Labute approximate surface area is 115 Å². The summed E-state index contributed by atoms with van der Waals surface area (Å²) in [6.07, 6.45) is 2.36. The zero-order valence-electron chi connectivity index (χ0n) is 10.4. The Morgan fingerprint density at radius 1 is 1.42 bits per heavy atom. The molecule has 0 bridgehead atoms. The molecule has 1 saturated carbocycles. The lowest BCUT2D eigenvalue weighted by Crippen LogP contribution is -2.03. The van der Waals surface area contributed by atoms with Gasteiger partial charge in [0.25, 0.3) is 0 Å². The fourth-order valence-electron chi connectivity index (χ4n) is 1.73. The van der Waals surface area contributed by atoms with Gasteiger partial charge in [-0.25, -0.2) is 4.68 Å². The molecule has 1 aromatic heterocycles. The van der Waals surface area contributed by atoms with E-state index in [1.165, 1.54) is 12.8 Å². The first-order chi connectivity index (χ1) is 9.33. The molecule has 0 saturated heterocycles. The predicted molar refractivity (Wildman–Crippen MR) is 73.2 cm³/mol. The largest absolute Gasteiger partial charge is 0.493 e. The minimum atomic E-state index is 0.507. The highest BCUT2D eigenvalue weighted by atomic mass is 32.2. The average Bonchev–Trinajstić information content (AvgIpc) is 3.14. The van der Waals surface area contributed by atoms with E-state index in [1.807, 2.05) is 28.9 Å². The minimum absolute atomic E-state index is 0.507. The molecule has 7 heteroatoms. The van der Waals surface area contributed by atoms with Crippen LogP contribution in [0.25, 0.3) is 0 Å². The molecule has 0 unspecified atom stereocenters. The van der Waals surface area contributed by atoms with Crippen molar-refractivity contribution in [2.24, 2.45) is 0 Å². The monoisotopic (exact) mass is 277 g/mol. The predicted octanol–water partition coefficient (Wildman–Crippen LogP) is 1.76. The minimum Gasteiger partial charge on any atom is -0.493 e. The van der Waals surface area contributed by atoms with E-state index in [0.29, 0.717) is 18.3 Å². The van der Waals surface area contributed by atoms with Gasteiger partial charge in [0, 0.05) is 17.5 Å². The molecule has 2 N–H and O–H groups in total. The van der Waals surface area contributed by atoms with Crippen LogP contribution in [-0.4, -0.2) is 32.6 Å². The van der Waals surface area contributed by atoms with Gasteiger partial charge >= 0.3 is 0 Å². The Bertz CT molecular complexity index is 555. The van der Waals surface area contributed by atoms with Crippen molar-refractivity contribution in [1.29, 1.82) is 0 Å². The van der Waals surface area contributed by atoms with E-state index in [-0.39, 0.29) is 0 Å². The first-order valence-electron chi connectivity index (χ1n) is 6.22. The van der Waals surface area contributed by atoms with Crippen LogP contribution in [0.1, 0.15) is 18.9 Å². The molecular formula is C12H15N5OS. The molecular weight excluding hydrogens is 262 g/mol. The van der Waals surface area contributed by atoms with Gasteiger partial charge in [-0.3, -0.25) is 0 Å². The maximum Gasteiger partial charge on any atom is 0.209 e. The molecule has 1 fully saturated rings. The van der Waals surface area contributed by atoms with E-state index in [4.69, 9.17) is 10.5 Å². The molecule has 0 radical (unpaired) electrons. The molecule has 0 atom stereocenters. The Morgan fingerprint density at radius 3 is 3.11 bits per heavy atom. The van der Waals surface area contributed by atoms with Crippen molar-refractivity contribution in [2.75, 3.05) is 18.1 Å². The highest BCUT2D eigenvalue weighted by Crippen LogP contribution is 2.36. The number of anilines is 1. The SMILES string of the molecule is Nc1cccc(OCCSc2nnnn2C2CC2)c1. The third-order valence-corrected chi connectivity index (χ3v) is 3.69. The highest BCUT2D eigenvalue weighted by Gasteiger charge is 2.27. The molecule has 1 heterocycles. The fraction of sp³-hybridized carbons (Fsp3) is 0.417. The molecule has 19 heavy (non-hydrogen) atoms. The van der Waals surface area contributed by atoms with Gasteiger partial charge in [0.05, 0.1) is 12.6 Å². The van der Waals surface area contributed by atoms with Crippen LogP contribution in [0.5, 0.6) is 5.75 Å². The van der Waals surface area contributed by atoms with Crippen LogP contribution in [0.2, 0.25) is 0 Å². The van der Waals surface area contributed by atoms with Crippen molar-refractivity contribution >= 4 is 17.4 Å². The van der Waals surface area contributed by atoms with Crippen molar-refractivity contribution in [1.82, 2.24) is 20.2 Å². The topological polar surface area (TPSA) is 78.8 Å². The van der Waals surface area contributed by atoms with Crippen molar-refractivity contribution in [3.05, 3.63) is 24.3 Å². The average molecular weight is 277 g/mol. The molecule has 1 aliphatic rings. The van der Waals surface area contributed by atoms with Crippen molar-refractivity contribution in [3.63, 3.8) is 0 Å². The third kappa shape index (κ3) is 3.17. The van der Waals surface area contributed by atoms with Gasteiger partial charge in [-0.1, -0.05) is 17.8 Å². The molecule has 2 aromatic rings. The van der Waals surface area contributed by atoms with Gasteiger partial charge < -0.3 is 10.5 Å². The van der Waals surface area contributed by atoms with Crippen LogP contribution in [0.4, 0.5) is 5.69 Å². The highest BCUT2D eigenvalue weighted by molar-refractivity contribution is 7.99. The standard InChI is InChI=1S/C12H15N5OS/c13-9-2-1-3-11(8-9)18-6-7-19-12-14-15-16-17(12)10-4-5-10/h1-3,8,10H,4-7,13H2. The molecule has 0 spiro atoms. The summed E-state index contributed by atoms with van der Waals surface area (Å²) in [6.45, 7) is 0.603. The number of tetrazole rings is 1. The Kier molecular flexibility index (Phi) is 3.54. The number of nitrogens with two attached hydrogens (primary N) is 1. The maximum absolute atomic E-state index is 5.69. The second-order valence-corrected chi connectivity index (χ2v) is 5.47. The smallest absolute Gasteiger partial charge is 0.209 e. The van der Waals surface area contributed by atoms with E-state index in [1.54, 1.807) is 11.8 Å². The molecule has 1 aromatic carbocycles. The second kappa shape index (κ2) is 5.48. The lowest BCUT2D eigenvalue weighted by molar-refractivity contribution is 0.344. The van der Waals surface area contributed by atoms with Gasteiger partial charge in [-0.05, 0) is 35.4 Å². The zero-order valence-corrected chi connectivity index (χ0v) is 11.2. The van der Waals surface area contributed by atoms with Crippen LogP contribution in [-0.2, 0) is 0 Å². The quantitative estimate of drug-likeness (QED) is 0.492. The summed E-state index contributed by atoms with van der Waals surface area (Å²) < 4.78 is 7.53. The Hall–Kier alpha value is -1.76. The van der Waals surface area contributed by atoms with Crippen LogP contribution in [0.3, 0.4) is 0 Å². The number of benzene rings is 1. The number of nitrogens with zero attached hydrogens (tertiary/aromatic N) is 4. The number of rotatable bonds is 6. The Morgan fingerprint density at radius 2 is 2.32 bits per heavy atom. The number of hydrogen-bond donors (Lipinski definition) is 1. The summed E-state index contributed by atoms with van der Waals surface area (Å²) in [5.74, 6) is 1.60. The first kappa shape index (κ1) is 12.3. The molecule has 0 amide bonds. The number of nitrogen functional groups attached to an aromatic ring is 1. The third-order valence-electron chi connectivity index (χ3n) is 2.80. The summed E-state index contributed by atoms with van der Waals surface area (Å²) >= 11 is 1.62. The molecule has 0 aliphatic heterocycles. The lowest BCUT2D eigenvalue weighted by Gasteiger charge is -2.06. The van der Waals surface area contributed by atoms with E-state index in [9.17, 15) is 0 Å². The van der Waals surface area contributed by atoms with E-state index < -0.39 is 0 Å². The van der Waals surface area contributed by atoms with Crippen LogP contribution >= 0.6 is 11.8 Å². The summed E-state index contributed by atoms with van der Waals surface area (Å²) in [5, 5.41) is 12.6. The van der Waals surface area contributed by atoms with Crippen molar-refractivity contribution < 1.29 is 4.74 Å². The molecule has 100 valence electrons. The van der Waals surface area contributed by atoms with E-state index in [2.05, 4.69) is 15.5 Å². The van der Waals surface area contributed by atoms with Gasteiger partial charge in [-0.2, -0.15) is 0 Å². The van der Waals surface area contributed by atoms with Crippen LogP contribution in [0.15, 0.2) is 29.4 Å². The second-order valence-electron chi connectivity index (χ2n) is 4.41. The summed E-state index contributed by atoms with van der Waals surface area (Å²) in [7, 11) is 0. The van der Waals surface area contributed by atoms with Gasteiger partial charge in [0.15, 0.2) is 0 Å². The van der Waals surface area contributed by atoms with Crippen LogP contribution < -0.4 is 10.5 Å². The molecule has 6 nitrogen and oxygen atoms in total. The lowest BCUT2D eigenvalue weighted by atomic mass is 10.3. The summed E-state index contributed by atoms with van der Waals surface area (Å²) in [5.41, 5.74) is 6.40. The number of ether oxygens (including phenoxy) is 1. The Balaban J connectivity index is 1.46. The number of hydrogen-bond acceptors (Lipinski definition) is 6. The van der Waals surface area contributed by atoms with Gasteiger partial charge in [-0.15, -0.1) is 5.10 Å².